The van der Waals surface area contributed by atoms with Crippen molar-refractivity contribution < 1.29 is 23.8 Å². The first-order valence-electron chi connectivity index (χ1n) is 8.98. The Hall–Kier alpha value is -2.36. The third-order valence-corrected chi connectivity index (χ3v) is 4.31. The lowest BCUT2D eigenvalue weighted by Crippen LogP contribution is -2.56. The molecule has 1 heterocycles. The molecule has 27 heavy (non-hydrogen) atoms. The molecule has 1 aromatic carbocycles. The van der Waals surface area contributed by atoms with Crippen LogP contribution in [0.3, 0.4) is 0 Å². The van der Waals surface area contributed by atoms with Gasteiger partial charge >= 0.3 is 0 Å². The lowest BCUT2D eigenvalue weighted by atomic mass is 10.1. The Morgan fingerprint density at radius 1 is 1.41 bits per heavy atom. The van der Waals surface area contributed by atoms with E-state index in [4.69, 9.17) is 20.1 Å². The van der Waals surface area contributed by atoms with Crippen LogP contribution in [0.2, 0.25) is 0 Å². The minimum absolute atomic E-state index is 0.00711. The number of nitrogens with two attached hydrogens (primary N) is 1. The fourth-order valence-corrected chi connectivity index (χ4v) is 2.98. The van der Waals surface area contributed by atoms with E-state index in [1.54, 1.807) is 7.11 Å². The van der Waals surface area contributed by atoms with Gasteiger partial charge in [-0.25, -0.2) is 5.84 Å². The quantitative estimate of drug-likeness (QED) is 0.223. The van der Waals surface area contributed by atoms with Gasteiger partial charge in [-0.15, -0.1) is 0 Å². The van der Waals surface area contributed by atoms with E-state index in [0.717, 1.165) is 5.56 Å². The highest BCUT2D eigenvalue weighted by Gasteiger charge is 2.32. The minimum atomic E-state index is -0.593. The molecule has 0 spiro atoms. The molecule has 0 aliphatic carbocycles. The Balaban J connectivity index is 2.17. The van der Waals surface area contributed by atoms with Gasteiger partial charge in [0.25, 0.3) is 0 Å². The Morgan fingerprint density at radius 3 is 2.93 bits per heavy atom. The van der Waals surface area contributed by atoms with Gasteiger partial charge in [0.05, 0.1) is 26.2 Å². The molecular formula is C18H28N4O5. The number of piperazine rings is 1. The van der Waals surface area contributed by atoms with E-state index in [2.05, 4.69) is 10.7 Å². The lowest BCUT2D eigenvalue weighted by Gasteiger charge is -2.35. The largest absolute Gasteiger partial charge is 0.493 e. The number of hydrogen-bond acceptors (Lipinski definition) is 7. The van der Waals surface area contributed by atoms with Crippen molar-refractivity contribution in [2.24, 2.45) is 5.84 Å². The molecule has 0 saturated carbocycles. The number of ether oxygens (including phenoxy) is 3. The standard InChI is InChI=1S/C18H28N4O5/c1-3-26-9-10-27-17-13(5-4-6-15(17)25-2)12-22-8-7-20-18(24)14(22)11-16(23)21-19/h4-6,14H,3,7-12,19H2,1-2H3,(H,20,24)(H,21,23). The van der Waals surface area contributed by atoms with Crippen molar-refractivity contribution in [3.05, 3.63) is 23.8 Å². The molecule has 1 aromatic rings. The van der Waals surface area contributed by atoms with E-state index in [1.165, 1.54) is 0 Å². The van der Waals surface area contributed by atoms with Crippen LogP contribution in [-0.4, -0.2) is 62.8 Å². The molecule has 1 fully saturated rings. The molecular weight excluding hydrogens is 352 g/mol. The average Bonchev–Trinajstić information content (AvgIpc) is 2.68. The van der Waals surface area contributed by atoms with Gasteiger partial charge in [0.1, 0.15) is 6.61 Å². The summed E-state index contributed by atoms with van der Waals surface area (Å²) in [4.78, 5) is 25.9. The molecule has 0 radical (unpaired) electrons. The number of methoxy groups -OCH3 is 1. The maximum Gasteiger partial charge on any atom is 0.237 e. The second kappa shape index (κ2) is 10.7. The number of carbonyl (C=O) groups is 2. The molecule has 1 atom stereocenters. The first-order valence-corrected chi connectivity index (χ1v) is 8.98. The minimum Gasteiger partial charge on any atom is -0.493 e. The van der Waals surface area contributed by atoms with Crippen LogP contribution >= 0.6 is 0 Å². The molecule has 9 heteroatoms. The van der Waals surface area contributed by atoms with Crippen molar-refractivity contribution in [1.82, 2.24) is 15.6 Å². The number of rotatable bonds is 10. The molecule has 0 aromatic heterocycles. The van der Waals surface area contributed by atoms with E-state index >= 15 is 0 Å². The van der Waals surface area contributed by atoms with Crippen LogP contribution in [0.5, 0.6) is 11.5 Å². The van der Waals surface area contributed by atoms with Crippen molar-refractivity contribution in [3.63, 3.8) is 0 Å². The Morgan fingerprint density at radius 2 is 2.22 bits per heavy atom. The first-order chi connectivity index (χ1) is 13.1. The summed E-state index contributed by atoms with van der Waals surface area (Å²) in [5.74, 6) is 5.83. The number of nitrogens with zero attached hydrogens (tertiary/aromatic N) is 1. The fourth-order valence-electron chi connectivity index (χ4n) is 2.98. The number of hydrazine groups is 1. The van der Waals surface area contributed by atoms with E-state index in [9.17, 15) is 9.59 Å². The van der Waals surface area contributed by atoms with Gasteiger partial charge in [-0.2, -0.15) is 0 Å². The van der Waals surface area contributed by atoms with Gasteiger partial charge in [-0.1, -0.05) is 12.1 Å². The van der Waals surface area contributed by atoms with E-state index in [1.807, 2.05) is 30.0 Å². The number of carbonyl (C=O) groups excluding carboxylic acids is 2. The molecule has 150 valence electrons. The fraction of sp³-hybridized carbons (Fsp3) is 0.556. The van der Waals surface area contributed by atoms with Crippen LogP contribution in [0.1, 0.15) is 18.9 Å². The predicted molar refractivity (Wildman–Crippen MR) is 99.1 cm³/mol. The zero-order chi connectivity index (χ0) is 19.6. The Labute approximate surface area is 159 Å². The molecule has 2 amide bonds. The van der Waals surface area contributed by atoms with Crippen LogP contribution in [0.4, 0.5) is 0 Å². The number of nitrogens with one attached hydrogen (secondary N) is 2. The second-order valence-corrected chi connectivity index (χ2v) is 6.04. The van der Waals surface area contributed by atoms with Crippen LogP contribution in [0, 0.1) is 0 Å². The summed E-state index contributed by atoms with van der Waals surface area (Å²) in [7, 11) is 1.58. The highest BCUT2D eigenvalue weighted by atomic mass is 16.5. The monoisotopic (exact) mass is 380 g/mol. The van der Waals surface area contributed by atoms with E-state index < -0.39 is 6.04 Å². The molecule has 2 rings (SSSR count). The molecule has 1 aliphatic heterocycles. The molecule has 1 unspecified atom stereocenters. The van der Waals surface area contributed by atoms with Crippen LogP contribution in [0.25, 0.3) is 0 Å². The molecule has 1 saturated heterocycles. The number of hydrogen-bond donors (Lipinski definition) is 3. The second-order valence-electron chi connectivity index (χ2n) is 6.04. The normalized spacial score (nSPS) is 17.3. The zero-order valence-electron chi connectivity index (χ0n) is 15.8. The number of benzene rings is 1. The van der Waals surface area contributed by atoms with Crippen molar-refractivity contribution in [3.8, 4) is 11.5 Å². The summed E-state index contributed by atoms with van der Waals surface area (Å²) in [6.07, 6.45) is -0.00711. The Kier molecular flexibility index (Phi) is 8.31. The Bertz CT molecular complexity index is 640. The average molecular weight is 380 g/mol. The summed E-state index contributed by atoms with van der Waals surface area (Å²) in [5, 5.41) is 2.79. The summed E-state index contributed by atoms with van der Waals surface area (Å²) in [6.45, 7) is 4.98. The number of amides is 2. The van der Waals surface area contributed by atoms with Gasteiger partial charge in [-0.05, 0) is 13.0 Å². The summed E-state index contributed by atoms with van der Waals surface area (Å²) in [6, 6.07) is 5.02. The number of para-hydroxylation sites is 1. The van der Waals surface area contributed by atoms with Crippen molar-refractivity contribution in [2.45, 2.75) is 25.9 Å². The predicted octanol–water partition coefficient (Wildman–Crippen LogP) is -0.209. The highest BCUT2D eigenvalue weighted by Crippen LogP contribution is 2.32. The van der Waals surface area contributed by atoms with E-state index in [0.29, 0.717) is 51.0 Å². The third kappa shape index (κ3) is 5.81. The highest BCUT2D eigenvalue weighted by molar-refractivity contribution is 5.88. The summed E-state index contributed by atoms with van der Waals surface area (Å²) < 4.78 is 16.6. The maximum atomic E-state index is 12.3. The van der Waals surface area contributed by atoms with Crippen molar-refractivity contribution in [2.75, 3.05) is 40.0 Å². The molecule has 9 nitrogen and oxygen atoms in total. The van der Waals surface area contributed by atoms with Gasteiger partial charge in [-0.3, -0.25) is 19.9 Å². The topological polar surface area (TPSA) is 115 Å². The van der Waals surface area contributed by atoms with Crippen LogP contribution in [0.15, 0.2) is 18.2 Å². The zero-order valence-corrected chi connectivity index (χ0v) is 15.8. The lowest BCUT2D eigenvalue weighted by molar-refractivity contribution is -0.134. The van der Waals surface area contributed by atoms with Gasteiger partial charge in [0, 0.05) is 31.8 Å². The van der Waals surface area contributed by atoms with Gasteiger partial charge in [0.15, 0.2) is 11.5 Å². The summed E-state index contributed by atoms with van der Waals surface area (Å²) in [5.41, 5.74) is 2.96. The smallest absolute Gasteiger partial charge is 0.237 e. The van der Waals surface area contributed by atoms with Crippen LogP contribution in [-0.2, 0) is 20.9 Å². The summed E-state index contributed by atoms with van der Waals surface area (Å²) >= 11 is 0. The van der Waals surface area contributed by atoms with Crippen LogP contribution < -0.4 is 26.1 Å². The van der Waals surface area contributed by atoms with Crippen molar-refractivity contribution >= 4 is 11.8 Å². The first kappa shape index (κ1) is 20.9. The van der Waals surface area contributed by atoms with Gasteiger partial charge in [0.2, 0.25) is 11.8 Å². The maximum absolute atomic E-state index is 12.3. The SMILES string of the molecule is CCOCCOc1c(CN2CCNC(=O)C2CC(=O)NN)cccc1OC. The van der Waals surface area contributed by atoms with E-state index in [-0.39, 0.29) is 18.2 Å². The molecule has 4 N–H and O–H groups in total. The molecule has 0 bridgehead atoms. The van der Waals surface area contributed by atoms with Crippen molar-refractivity contribution in [1.29, 1.82) is 0 Å². The third-order valence-electron chi connectivity index (χ3n) is 4.31. The van der Waals surface area contributed by atoms with Gasteiger partial charge < -0.3 is 19.5 Å². The molecule has 1 aliphatic rings.